The van der Waals surface area contributed by atoms with Gasteiger partial charge in [-0.15, -0.1) is 21.5 Å². The number of nitrogen functional groups attached to an aromatic ring is 1. The van der Waals surface area contributed by atoms with Crippen LogP contribution in [0.25, 0.3) is 0 Å². The van der Waals surface area contributed by atoms with Crippen LogP contribution in [0.15, 0.2) is 9.64 Å². The zero-order valence-corrected chi connectivity index (χ0v) is 14.0. The van der Waals surface area contributed by atoms with Gasteiger partial charge in [-0.3, -0.25) is 0 Å². The maximum atomic E-state index is 12.0. The monoisotopic (exact) mass is 350 g/mol. The van der Waals surface area contributed by atoms with Crippen molar-refractivity contribution >= 4 is 34.1 Å². The van der Waals surface area contributed by atoms with Gasteiger partial charge in [0, 0.05) is 17.2 Å². The van der Waals surface area contributed by atoms with Crippen LogP contribution in [0.3, 0.4) is 0 Å². The third-order valence-electron chi connectivity index (χ3n) is 3.30. The first-order valence-electron chi connectivity index (χ1n) is 7.08. The van der Waals surface area contributed by atoms with Gasteiger partial charge in [0.1, 0.15) is 15.9 Å². The van der Waals surface area contributed by atoms with E-state index in [1.165, 1.54) is 11.8 Å². The lowest BCUT2D eigenvalue weighted by molar-refractivity contribution is 0.0531. The number of anilines is 1. The first-order chi connectivity index (χ1) is 11.1. The van der Waals surface area contributed by atoms with E-state index in [4.69, 9.17) is 14.9 Å². The first-order valence-corrected chi connectivity index (χ1v) is 8.88. The van der Waals surface area contributed by atoms with Crippen molar-refractivity contribution in [3.05, 3.63) is 21.9 Å². The number of nitriles is 1. The van der Waals surface area contributed by atoms with Gasteiger partial charge in [-0.1, -0.05) is 11.8 Å². The second kappa shape index (κ2) is 6.60. The van der Waals surface area contributed by atoms with Crippen LogP contribution in [-0.2, 0) is 10.5 Å². The summed E-state index contributed by atoms with van der Waals surface area (Å²) < 4.78 is 10.6. The number of thiophene rings is 1. The molecule has 3 rings (SSSR count). The molecule has 2 aromatic rings. The van der Waals surface area contributed by atoms with Crippen LogP contribution in [-0.4, -0.2) is 22.8 Å². The van der Waals surface area contributed by atoms with Crippen molar-refractivity contribution in [2.24, 2.45) is 0 Å². The largest absolute Gasteiger partial charge is 0.462 e. The van der Waals surface area contributed by atoms with Crippen LogP contribution in [0, 0.1) is 11.3 Å². The number of thioether (sulfide) groups is 1. The molecule has 1 fully saturated rings. The fourth-order valence-corrected chi connectivity index (χ4v) is 3.84. The molecule has 0 atom stereocenters. The highest BCUT2D eigenvalue weighted by molar-refractivity contribution is 7.98. The molecule has 1 aliphatic rings. The van der Waals surface area contributed by atoms with E-state index in [0.717, 1.165) is 24.2 Å². The van der Waals surface area contributed by atoms with Gasteiger partial charge in [0.25, 0.3) is 5.22 Å². The topological polar surface area (TPSA) is 115 Å². The van der Waals surface area contributed by atoms with E-state index in [0.29, 0.717) is 43.8 Å². The summed E-state index contributed by atoms with van der Waals surface area (Å²) in [6, 6.07) is 2.05. The van der Waals surface area contributed by atoms with Gasteiger partial charge in [0.05, 0.1) is 12.2 Å². The Hall–Kier alpha value is -2.05. The summed E-state index contributed by atoms with van der Waals surface area (Å²) in [6.07, 6.45) is 2.16. The Morgan fingerprint density at radius 3 is 3.00 bits per heavy atom. The third-order valence-corrected chi connectivity index (χ3v) is 5.18. The van der Waals surface area contributed by atoms with Crippen LogP contribution in [0.4, 0.5) is 5.00 Å². The highest BCUT2D eigenvalue weighted by Crippen LogP contribution is 2.40. The molecule has 1 saturated carbocycles. The van der Waals surface area contributed by atoms with Crippen molar-refractivity contribution in [1.29, 1.82) is 5.26 Å². The number of aromatic nitrogens is 2. The average Bonchev–Trinajstić information content (AvgIpc) is 3.19. The lowest BCUT2D eigenvalue weighted by atomic mass is 10.2. The molecule has 0 aromatic carbocycles. The zero-order chi connectivity index (χ0) is 16.4. The summed E-state index contributed by atoms with van der Waals surface area (Å²) in [4.78, 5) is 12.4. The van der Waals surface area contributed by atoms with Gasteiger partial charge in [-0.05, 0) is 19.8 Å². The molecule has 0 saturated heterocycles. The molecule has 2 heterocycles. The molecule has 0 amide bonds. The van der Waals surface area contributed by atoms with Crippen LogP contribution < -0.4 is 5.73 Å². The van der Waals surface area contributed by atoms with Crippen LogP contribution in [0.2, 0.25) is 0 Å². The van der Waals surface area contributed by atoms with Gasteiger partial charge in [0.2, 0.25) is 5.89 Å². The number of nitrogens with zero attached hydrogens (tertiary/aromatic N) is 3. The summed E-state index contributed by atoms with van der Waals surface area (Å²) in [5, 5.41) is 18.0. The van der Waals surface area contributed by atoms with E-state index in [1.807, 2.05) is 6.07 Å². The number of carbonyl (C=O) groups is 1. The zero-order valence-electron chi connectivity index (χ0n) is 12.4. The van der Waals surface area contributed by atoms with Gasteiger partial charge < -0.3 is 14.9 Å². The molecule has 0 aliphatic heterocycles. The summed E-state index contributed by atoms with van der Waals surface area (Å²) in [7, 11) is 0. The van der Waals surface area contributed by atoms with Gasteiger partial charge in [0.15, 0.2) is 0 Å². The van der Waals surface area contributed by atoms with Gasteiger partial charge >= 0.3 is 5.97 Å². The normalized spacial score (nSPS) is 13.7. The molecule has 9 heteroatoms. The van der Waals surface area contributed by atoms with Gasteiger partial charge in [-0.2, -0.15) is 5.26 Å². The fourth-order valence-electron chi connectivity index (χ4n) is 2.01. The Morgan fingerprint density at radius 2 is 2.35 bits per heavy atom. The van der Waals surface area contributed by atoms with Crippen molar-refractivity contribution in [3.8, 4) is 6.07 Å². The van der Waals surface area contributed by atoms with Crippen LogP contribution in [0.5, 0.6) is 0 Å². The highest BCUT2D eigenvalue weighted by atomic mass is 32.2. The number of hydrogen-bond donors (Lipinski definition) is 1. The smallest absolute Gasteiger partial charge is 0.348 e. The maximum Gasteiger partial charge on any atom is 0.348 e. The number of rotatable bonds is 6. The Morgan fingerprint density at radius 1 is 1.57 bits per heavy atom. The summed E-state index contributed by atoms with van der Waals surface area (Å²) in [5.74, 6) is 0.921. The molecular formula is C14H14N4O3S2. The average molecular weight is 350 g/mol. The Labute approximate surface area is 140 Å². The molecule has 0 bridgehead atoms. The minimum absolute atomic E-state index is 0.263. The van der Waals surface area contributed by atoms with Crippen LogP contribution >= 0.6 is 23.1 Å². The van der Waals surface area contributed by atoms with E-state index < -0.39 is 5.97 Å². The standard InChI is InChI=1S/C14H14N4O3S2/c1-2-20-13(19)10-9(8(5-15)11(16)23-10)6-22-14-18-17-12(21-14)7-3-4-7/h7H,2-4,6,16H2,1H3. The predicted octanol–water partition coefficient (Wildman–Crippen LogP) is 2.93. The van der Waals surface area contributed by atoms with Crippen molar-refractivity contribution < 1.29 is 13.9 Å². The Kier molecular flexibility index (Phi) is 4.54. The van der Waals surface area contributed by atoms with Crippen molar-refractivity contribution in [3.63, 3.8) is 0 Å². The molecular weight excluding hydrogens is 336 g/mol. The Bertz CT molecular complexity index is 774. The lowest BCUT2D eigenvalue weighted by Gasteiger charge is -2.02. The number of esters is 1. The molecule has 23 heavy (non-hydrogen) atoms. The van der Waals surface area contributed by atoms with Crippen molar-refractivity contribution in [2.45, 2.75) is 36.7 Å². The summed E-state index contributed by atoms with van der Waals surface area (Å²) in [6.45, 7) is 1.99. The molecule has 1 aliphatic carbocycles. The van der Waals surface area contributed by atoms with Crippen LogP contribution in [0.1, 0.15) is 52.4 Å². The predicted molar refractivity (Wildman–Crippen MR) is 85.2 cm³/mol. The second-order valence-electron chi connectivity index (χ2n) is 4.95. The molecule has 2 aromatic heterocycles. The quantitative estimate of drug-likeness (QED) is 0.624. The summed E-state index contributed by atoms with van der Waals surface area (Å²) >= 11 is 2.35. The molecule has 0 spiro atoms. The van der Waals surface area contributed by atoms with E-state index in [1.54, 1.807) is 6.92 Å². The first kappa shape index (κ1) is 15.8. The maximum absolute atomic E-state index is 12.0. The second-order valence-corrected chi connectivity index (χ2v) is 6.93. The highest BCUT2D eigenvalue weighted by Gasteiger charge is 2.30. The van der Waals surface area contributed by atoms with Crippen molar-refractivity contribution in [1.82, 2.24) is 10.2 Å². The number of ether oxygens (including phenoxy) is 1. The number of hydrogen-bond acceptors (Lipinski definition) is 9. The third kappa shape index (κ3) is 3.33. The Balaban J connectivity index is 1.79. The minimum Gasteiger partial charge on any atom is -0.462 e. The van der Waals surface area contributed by atoms with Gasteiger partial charge in [-0.25, -0.2) is 4.79 Å². The van der Waals surface area contributed by atoms with E-state index in [-0.39, 0.29) is 6.61 Å². The fraction of sp³-hybridized carbons (Fsp3) is 0.429. The molecule has 7 nitrogen and oxygen atoms in total. The van der Waals surface area contributed by atoms with E-state index >= 15 is 0 Å². The number of carbonyl (C=O) groups excluding carboxylic acids is 1. The number of nitrogens with two attached hydrogens (primary N) is 1. The molecule has 2 N–H and O–H groups in total. The SMILES string of the molecule is CCOC(=O)c1sc(N)c(C#N)c1CSc1nnc(C2CC2)o1. The molecule has 120 valence electrons. The summed E-state index contributed by atoms with van der Waals surface area (Å²) in [5.41, 5.74) is 6.71. The minimum atomic E-state index is -0.467. The van der Waals surface area contributed by atoms with Crippen molar-refractivity contribution in [2.75, 3.05) is 12.3 Å². The lowest BCUT2D eigenvalue weighted by Crippen LogP contribution is -2.05. The van der Waals surface area contributed by atoms with E-state index in [9.17, 15) is 10.1 Å². The van der Waals surface area contributed by atoms with E-state index in [2.05, 4.69) is 10.2 Å². The molecule has 0 radical (unpaired) electrons. The molecule has 0 unspecified atom stereocenters.